The number of fused-ring (bicyclic) bond motifs is 9. The van der Waals surface area contributed by atoms with Gasteiger partial charge in [-0.25, -0.2) is 0 Å². The molecule has 0 spiro atoms. The zero-order valence-corrected chi connectivity index (χ0v) is 31.3. The first-order valence-electron chi connectivity index (χ1n) is 19.7. The second kappa shape index (κ2) is 12.9. The summed E-state index contributed by atoms with van der Waals surface area (Å²) in [6.07, 6.45) is 0. The molecule has 0 aliphatic carbocycles. The van der Waals surface area contributed by atoms with Crippen LogP contribution in [-0.4, -0.2) is 4.57 Å². The lowest BCUT2D eigenvalue weighted by atomic mass is 9.95. The lowest BCUT2D eigenvalue weighted by molar-refractivity contribution is 0.670. The van der Waals surface area contributed by atoms with Crippen molar-refractivity contribution in [3.63, 3.8) is 0 Å². The predicted molar refractivity (Wildman–Crippen MR) is 241 cm³/mol. The molecule has 0 aliphatic rings. The largest absolute Gasteiger partial charge is 0.455 e. The first kappa shape index (κ1) is 32.4. The Bertz CT molecular complexity index is 3480. The fourth-order valence-electron chi connectivity index (χ4n) is 9.01. The van der Waals surface area contributed by atoms with Gasteiger partial charge >= 0.3 is 0 Å². The van der Waals surface area contributed by atoms with E-state index in [2.05, 4.69) is 198 Å². The summed E-state index contributed by atoms with van der Waals surface area (Å²) in [7, 11) is 0. The number of benzene rings is 9. The van der Waals surface area contributed by atoms with Gasteiger partial charge in [0.1, 0.15) is 22.3 Å². The van der Waals surface area contributed by atoms with E-state index in [9.17, 15) is 0 Å². The van der Waals surface area contributed by atoms with Gasteiger partial charge in [-0.05, 0) is 72.3 Å². The van der Waals surface area contributed by atoms with E-state index in [1.807, 2.05) is 18.2 Å². The third-order valence-corrected chi connectivity index (χ3v) is 11.6. The van der Waals surface area contributed by atoms with Gasteiger partial charge in [0.15, 0.2) is 0 Å². The van der Waals surface area contributed by atoms with Crippen LogP contribution in [0.2, 0.25) is 0 Å². The fourth-order valence-corrected chi connectivity index (χ4v) is 9.01. The van der Waals surface area contributed by atoms with E-state index < -0.39 is 0 Å². The summed E-state index contributed by atoms with van der Waals surface area (Å²) in [4.78, 5) is 2.33. The molecule has 0 radical (unpaired) electrons. The van der Waals surface area contributed by atoms with Gasteiger partial charge in [-0.2, -0.15) is 0 Å². The monoisotopic (exact) mass is 742 g/mol. The first-order valence-corrected chi connectivity index (χ1v) is 19.7. The highest BCUT2D eigenvalue weighted by atomic mass is 16.3. The smallest absolute Gasteiger partial charge is 0.143 e. The average molecular weight is 743 g/mol. The van der Waals surface area contributed by atoms with E-state index in [4.69, 9.17) is 8.83 Å². The minimum Gasteiger partial charge on any atom is -0.455 e. The molecule has 0 unspecified atom stereocenters. The molecule has 0 N–H and O–H groups in total. The van der Waals surface area contributed by atoms with Crippen molar-refractivity contribution in [2.24, 2.45) is 0 Å². The normalized spacial score (nSPS) is 11.8. The standard InChI is InChI=1S/C54H34N2O2/c1-3-15-36(16-4-1)55(37-17-5-2-6-18-37)38-30-31-41-40-19-7-10-26-48(40)56(50(41)34-38)49-32-29-35(39-22-13-23-44-42-20-8-11-27-51(42)57-53(39)44)33-47(49)46-25-14-24-45-43-21-9-12-28-52(43)58-54(45)46/h1-34H. The Hall–Kier alpha value is -7.82. The molecule has 0 aliphatic heterocycles. The van der Waals surface area contributed by atoms with Crippen molar-refractivity contribution in [3.8, 4) is 27.9 Å². The molecule has 4 nitrogen and oxygen atoms in total. The lowest BCUT2D eigenvalue weighted by Gasteiger charge is -2.25. The predicted octanol–water partition coefficient (Wildman–Crippen LogP) is 15.4. The molecule has 0 saturated carbocycles. The third kappa shape index (κ3) is 4.95. The van der Waals surface area contributed by atoms with E-state index in [0.29, 0.717) is 0 Å². The SMILES string of the molecule is c1ccc(N(c2ccccc2)c2ccc3c4ccccc4n(-c4ccc(-c5cccc6c5oc5ccccc56)cc4-c4cccc5c4oc4ccccc45)c3c2)cc1. The van der Waals surface area contributed by atoms with Crippen LogP contribution in [-0.2, 0) is 0 Å². The Morgan fingerprint density at radius 1 is 0.328 bits per heavy atom. The van der Waals surface area contributed by atoms with Gasteiger partial charge in [-0.15, -0.1) is 0 Å². The van der Waals surface area contributed by atoms with E-state index in [1.54, 1.807) is 0 Å². The summed E-state index contributed by atoms with van der Waals surface area (Å²) in [6, 6.07) is 73.2. The van der Waals surface area contributed by atoms with Crippen molar-refractivity contribution in [1.29, 1.82) is 0 Å². The highest BCUT2D eigenvalue weighted by molar-refractivity contribution is 6.14. The van der Waals surface area contributed by atoms with Gasteiger partial charge in [0.05, 0.1) is 16.7 Å². The van der Waals surface area contributed by atoms with Crippen LogP contribution in [0.1, 0.15) is 0 Å². The molecule has 9 aromatic carbocycles. The quantitative estimate of drug-likeness (QED) is 0.170. The van der Waals surface area contributed by atoms with Crippen LogP contribution >= 0.6 is 0 Å². The minimum atomic E-state index is 0.866. The fraction of sp³-hybridized carbons (Fsp3) is 0. The van der Waals surface area contributed by atoms with Gasteiger partial charge in [-0.3, -0.25) is 0 Å². The minimum absolute atomic E-state index is 0.866. The number of anilines is 3. The molecule has 272 valence electrons. The van der Waals surface area contributed by atoms with Crippen LogP contribution in [0.25, 0.3) is 93.6 Å². The maximum atomic E-state index is 6.76. The topological polar surface area (TPSA) is 34.5 Å². The molecular formula is C54H34N2O2. The van der Waals surface area contributed by atoms with Crippen LogP contribution in [0.3, 0.4) is 0 Å². The van der Waals surface area contributed by atoms with Crippen LogP contribution in [0, 0.1) is 0 Å². The summed E-state index contributed by atoms with van der Waals surface area (Å²) < 4.78 is 15.8. The molecule has 0 fully saturated rings. The Morgan fingerprint density at radius 2 is 0.862 bits per heavy atom. The molecule has 58 heavy (non-hydrogen) atoms. The zero-order chi connectivity index (χ0) is 38.2. The van der Waals surface area contributed by atoms with Crippen molar-refractivity contribution in [3.05, 3.63) is 206 Å². The molecule has 12 aromatic rings. The van der Waals surface area contributed by atoms with Gasteiger partial charge in [-0.1, -0.05) is 140 Å². The van der Waals surface area contributed by atoms with E-state index in [-0.39, 0.29) is 0 Å². The van der Waals surface area contributed by atoms with Crippen molar-refractivity contribution < 1.29 is 8.83 Å². The maximum absolute atomic E-state index is 6.76. The number of hydrogen-bond acceptors (Lipinski definition) is 3. The summed E-state index contributed by atoms with van der Waals surface area (Å²) in [5.74, 6) is 0. The molecule has 4 heteroatoms. The first-order chi connectivity index (χ1) is 28.8. The molecule has 0 amide bonds. The number of aromatic nitrogens is 1. The van der Waals surface area contributed by atoms with Crippen molar-refractivity contribution in [2.75, 3.05) is 4.90 Å². The highest BCUT2D eigenvalue weighted by Gasteiger charge is 2.22. The summed E-state index contributed by atoms with van der Waals surface area (Å²) in [5, 5.41) is 6.80. The number of rotatable bonds is 6. The molecule has 12 rings (SSSR count). The zero-order valence-electron chi connectivity index (χ0n) is 31.3. The Morgan fingerprint density at radius 3 is 1.53 bits per heavy atom. The Kier molecular flexibility index (Phi) is 7.20. The molecular weight excluding hydrogens is 709 g/mol. The van der Waals surface area contributed by atoms with Crippen LogP contribution < -0.4 is 4.90 Å². The summed E-state index contributed by atoms with van der Waals surface area (Å²) in [5.41, 5.74) is 14.3. The van der Waals surface area contributed by atoms with Crippen molar-refractivity contribution >= 4 is 82.7 Å². The van der Waals surface area contributed by atoms with E-state index in [1.165, 1.54) is 10.8 Å². The van der Waals surface area contributed by atoms with Crippen LogP contribution in [0.15, 0.2) is 215 Å². The second-order valence-electron chi connectivity index (χ2n) is 14.9. The Balaban J connectivity index is 1.16. The molecule has 0 bridgehead atoms. The number of para-hydroxylation sites is 7. The number of nitrogens with zero attached hydrogens (tertiary/aromatic N) is 2. The summed E-state index contributed by atoms with van der Waals surface area (Å²) >= 11 is 0. The number of hydrogen-bond donors (Lipinski definition) is 0. The highest BCUT2D eigenvalue weighted by Crippen LogP contribution is 2.45. The molecule has 0 saturated heterocycles. The van der Waals surface area contributed by atoms with Gasteiger partial charge in [0.2, 0.25) is 0 Å². The van der Waals surface area contributed by atoms with Gasteiger partial charge < -0.3 is 18.3 Å². The third-order valence-electron chi connectivity index (χ3n) is 11.6. The molecule has 3 heterocycles. The molecule has 0 atom stereocenters. The van der Waals surface area contributed by atoms with Crippen LogP contribution in [0.5, 0.6) is 0 Å². The van der Waals surface area contributed by atoms with Gasteiger partial charge in [0, 0.05) is 66.1 Å². The Labute approximate surface area is 334 Å². The van der Waals surface area contributed by atoms with Crippen molar-refractivity contribution in [1.82, 2.24) is 4.57 Å². The second-order valence-corrected chi connectivity index (χ2v) is 14.9. The maximum Gasteiger partial charge on any atom is 0.143 e. The van der Waals surface area contributed by atoms with E-state index in [0.717, 1.165) is 99.9 Å². The van der Waals surface area contributed by atoms with Gasteiger partial charge in [0.25, 0.3) is 0 Å². The summed E-state index contributed by atoms with van der Waals surface area (Å²) in [6.45, 7) is 0. The van der Waals surface area contributed by atoms with E-state index >= 15 is 0 Å². The average Bonchev–Trinajstić information content (AvgIpc) is 3.97. The molecule has 3 aromatic heterocycles. The van der Waals surface area contributed by atoms with Crippen LogP contribution in [0.4, 0.5) is 17.1 Å². The lowest BCUT2D eigenvalue weighted by Crippen LogP contribution is -2.09. The number of furan rings is 2. The van der Waals surface area contributed by atoms with Crippen molar-refractivity contribution in [2.45, 2.75) is 0 Å².